The van der Waals surface area contributed by atoms with Crippen LogP contribution in [0.5, 0.6) is 11.5 Å². The van der Waals surface area contributed by atoms with E-state index in [1.807, 2.05) is 0 Å². The second-order valence-corrected chi connectivity index (χ2v) is 10.5. The van der Waals surface area contributed by atoms with Gasteiger partial charge in [0, 0.05) is 12.1 Å². The molecule has 0 radical (unpaired) electrons. The number of carbonyl (C=O) groups is 2. The van der Waals surface area contributed by atoms with E-state index < -0.39 is 4.92 Å². The van der Waals surface area contributed by atoms with Gasteiger partial charge in [-0.2, -0.15) is 10.1 Å². The van der Waals surface area contributed by atoms with E-state index in [9.17, 15) is 19.7 Å². The van der Waals surface area contributed by atoms with Crippen LogP contribution in [-0.4, -0.2) is 35.1 Å². The molecule has 9 nitrogen and oxygen atoms in total. The molecule has 5 aliphatic rings. The Balaban J connectivity index is 1.18. The van der Waals surface area contributed by atoms with Gasteiger partial charge in [-0.25, -0.2) is 0 Å². The van der Waals surface area contributed by atoms with Gasteiger partial charge in [0.1, 0.15) is 6.61 Å². The van der Waals surface area contributed by atoms with Gasteiger partial charge < -0.3 is 9.47 Å². The highest BCUT2D eigenvalue weighted by Crippen LogP contribution is 2.65. The van der Waals surface area contributed by atoms with Gasteiger partial charge in [0.2, 0.25) is 0 Å². The first-order chi connectivity index (χ1) is 17.4. The number of halogens is 1. The predicted octanol–water partition coefficient (Wildman–Crippen LogP) is 4.33. The summed E-state index contributed by atoms with van der Waals surface area (Å²) in [4.78, 5) is 36.6. The van der Waals surface area contributed by atoms with Crippen molar-refractivity contribution in [2.24, 2.45) is 40.6 Å². The van der Waals surface area contributed by atoms with Crippen LogP contribution in [0.3, 0.4) is 0 Å². The summed E-state index contributed by atoms with van der Waals surface area (Å²) in [7, 11) is 1.51. The van der Waals surface area contributed by atoms with Crippen LogP contribution in [-0.2, 0) is 16.2 Å². The minimum Gasteiger partial charge on any atom is -0.493 e. The van der Waals surface area contributed by atoms with Gasteiger partial charge in [-0.15, -0.1) is 0 Å². The Kier molecular flexibility index (Phi) is 5.44. The number of amides is 2. The Bertz CT molecular complexity index is 1300. The maximum absolute atomic E-state index is 13.1. The van der Waals surface area contributed by atoms with Crippen molar-refractivity contribution in [1.82, 2.24) is 5.01 Å². The van der Waals surface area contributed by atoms with Crippen LogP contribution in [0.15, 0.2) is 58.1 Å². The van der Waals surface area contributed by atoms with E-state index >= 15 is 0 Å². The fraction of sp³-hybridized carbons (Fsp3) is 0.346. The van der Waals surface area contributed by atoms with Gasteiger partial charge in [0.15, 0.2) is 11.5 Å². The third kappa shape index (κ3) is 3.62. The number of imide groups is 1. The molecule has 1 aliphatic heterocycles. The van der Waals surface area contributed by atoms with Crippen molar-refractivity contribution in [2.45, 2.75) is 13.0 Å². The van der Waals surface area contributed by atoms with Crippen LogP contribution in [0.25, 0.3) is 0 Å². The number of carbonyl (C=O) groups excluding carboxylic acids is 2. The van der Waals surface area contributed by atoms with Crippen LogP contribution in [0.1, 0.15) is 17.5 Å². The van der Waals surface area contributed by atoms with Gasteiger partial charge in [-0.3, -0.25) is 19.7 Å². The summed E-state index contributed by atoms with van der Waals surface area (Å²) in [6.45, 7) is 0.179. The van der Waals surface area contributed by atoms with Crippen molar-refractivity contribution in [2.75, 3.05) is 7.11 Å². The van der Waals surface area contributed by atoms with E-state index in [0.717, 1.165) is 17.0 Å². The average molecular weight is 552 g/mol. The largest absolute Gasteiger partial charge is 0.493 e. The molecule has 2 aromatic rings. The number of rotatable bonds is 7. The van der Waals surface area contributed by atoms with Gasteiger partial charge in [0.25, 0.3) is 17.5 Å². The summed E-state index contributed by atoms with van der Waals surface area (Å²) < 4.78 is 12.0. The molecule has 10 heteroatoms. The number of hydrazone groups is 1. The van der Waals surface area contributed by atoms with Crippen molar-refractivity contribution in [1.29, 1.82) is 0 Å². The highest BCUT2D eigenvalue weighted by molar-refractivity contribution is 9.10. The Labute approximate surface area is 215 Å². The van der Waals surface area contributed by atoms with E-state index in [0.29, 0.717) is 33.4 Å². The molecule has 2 amide bonds. The lowest BCUT2D eigenvalue weighted by molar-refractivity contribution is -0.384. The summed E-state index contributed by atoms with van der Waals surface area (Å²) in [5, 5.41) is 16.2. The summed E-state index contributed by atoms with van der Waals surface area (Å²) in [6.07, 6.45) is 6.87. The van der Waals surface area contributed by atoms with Crippen molar-refractivity contribution >= 4 is 39.6 Å². The van der Waals surface area contributed by atoms with E-state index in [1.165, 1.54) is 25.5 Å². The third-order valence-corrected chi connectivity index (χ3v) is 8.33. The first-order valence-corrected chi connectivity index (χ1v) is 12.5. The second kappa shape index (κ2) is 8.55. The molecule has 2 saturated carbocycles. The number of nitrogens with zero attached hydrogens (tertiary/aromatic N) is 3. The van der Waals surface area contributed by atoms with Gasteiger partial charge in [0.05, 0.1) is 34.6 Å². The molecule has 0 aromatic heterocycles. The Morgan fingerprint density at radius 1 is 1.11 bits per heavy atom. The Morgan fingerprint density at radius 3 is 2.33 bits per heavy atom. The molecule has 7 rings (SSSR count). The molecule has 0 spiro atoms. The number of hydrogen-bond donors (Lipinski definition) is 0. The SMILES string of the molecule is COc1cc(C=NN2C(=O)C3C4C=CC(C5CC45)C3C2=O)cc(Br)c1OCc1ccc([N+](=O)[O-])cc1. The summed E-state index contributed by atoms with van der Waals surface area (Å²) in [6, 6.07) is 9.57. The monoisotopic (exact) mass is 551 g/mol. The number of hydrogen-bond acceptors (Lipinski definition) is 7. The molecule has 1 heterocycles. The normalized spacial score (nSPS) is 29.4. The molecular weight excluding hydrogens is 530 g/mol. The first kappa shape index (κ1) is 22.9. The first-order valence-electron chi connectivity index (χ1n) is 11.7. The lowest BCUT2D eigenvalue weighted by Gasteiger charge is -2.37. The van der Waals surface area contributed by atoms with Crippen LogP contribution in [0.2, 0.25) is 0 Å². The molecule has 6 atom stereocenters. The molecule has 3 fully saturated rings. The molecule has 2 aromatic carbocycles. The van der Waals surface area contributed by atoms with E-state index in [4.69, 9.17) is 9.47 Å². The maximum atomic E-state index is 13.1. The standard InChI is InChI=1S/C26H22BrN3O6/c1-35-21-9-14(8-20(27)24(21)36-12-13-2-4-15(5-3-13)30(33)34)11-28-29-25(31)22-16-6-7-17(19-10-18(16)19)23(22)26(29)32/h2-9,11,16-19,22-23H,10,12H2,1H3. The molecular formula is C26H22BrN3O6. The highest BCUT2D eigenvalue weighted by Gasteiger charge is 2.67. The van der Waals surface area contributed by atoms with E-state index in [-0.39, 0.29) is 47.8 Å². The predicted molar refractivity (Wildman–Crippen MR) is 132 cm³/mol. The number of methoxy groups -OCH3 is 1. The number of nitro benzene ring substituents is 1. The fourth-order valence-electron chi connectivity index (χ4n) is 6.00. The third-order valence-electron chi connectivity index (χ3n) is 7.74. The van der Waals surface area contributed by atoms with E-state index in [2.05, 4.69) is 33.2 Å². The number of nitro groups is 1. The Morgan fingerprint density at radius 2 is 1.75 bits per heavy atom. The summed E-state index contributed by atoms with van der Waals surface area (Å²) >= 11 is 3.49. The highest BCUT2D eigenvalue weighted by atomic mass is 79.9. The zero-order valence-electron chi connectivity index (χ0n) is 19.2. The van der Waals surface area contributed by atoms with Crippen molar-refractivity contribution in [3.63, 3.8) is 0 Å². The topological polar surface area (TPSA) is 111 Å². The minimum atomic E-state index is -0.453. The molecule has 36 heavy (non-hydrogen) atoms. The summed E-state index contributed by atoms with van der Waals surface area (Å²) in [5.41, 5.74) is 1.39. The molecule has 184 valence electrons. The Hall–Kier alpha value is -3.53. The average Bonchev–Trinajstić information content (AvgIpc) is 3.66. The van der Waals surface area contributed by atoms with Crippen molar-refractivity contribution in [3.8, 4) is 11.5 Å². The molecule has 0 N–H and O–H groups in total. The molecule has 2 bridgehead atoms. The summed E-state index contributed by atoms with van der Waals surface area (Å²) in [5.74, 6) is 1.29. The smallest absolute Gasteiger partial charge is 0.269 e. The van der Waals surface area contributed by atoms with Gasteiger partial charge in [-0.1, -0.05) is 12.2 Å². The zero-order valence-corrected chi connectivity index (χ0v) is 20.8. The van der Waals surface area contributed by atoms with Gasteiger partial charge >= 0.3 is 0 Å². The number of allylic oxidation sites excluding steroid dienone is 2. The molecule has 4 aliphatic carbocycles. The minimum absolute atomic E-state index is 0.0103. The lowest BCUT2D eigenvalue weighted by Crippen LogP contribution is -2.40. The van der Waals surface area contributed by atoms with Crippen LogP contribution < -0.4 is 9.47 Å². The quantitative estimate of drug-likeness (QED) is 0.166. The fourth-order valence-corrected chi connectivity index (χ4v) is 6.58. The van der Waals surface area contributed by atoms with Crippen LogP contribution in [0.4, 0.5) is 5.69 Å². The maximum Gasteiger partial charge on any atom is 0.269 e. The van der Waals surface area contributed by atoms with Crippen LogP contribution in [0, 0.1) is 45.6 Å². The molecule has 1 saturated heterocycles. The van der Waals surface area contributed by atoms with Crippen molar-refractivity contribution < 1.29 is 24.0 Å². The number of benzene rings is 2. The van der Waals surface area contributed by atoms with Gasteiger partial charge in [-0.05, 0) is 81.4 Å². The van der Waals surface area contributed by atoms with E-state index in [1.54, 1.807) is 24.3 Å². The van der Waals surface area contributed by atoms with Crippen molar-refractivity contribution in [3.05, 3.63) is 74.3 Å². The number of non-ortho nitro benzene ring substituents is 1. The second-order valence-electron chi connectivity index (χ2n) is 9.63. The lowest BCUT2D eigenvalue weighted by atomic mass is 9.63. The number of ether oxygens (including phenoxy) is 2. The van der Waals surface area contributed by atoms with Crippen LogP contribution >= 0.6 is 15.9 Å². The molecule has 6 unspecified atom stereocenters. The zero-order chi connectivity index (χ0) is 25.1.